The molecule has 2 aliphatic rings. The standard InChI is InChI=1S/C24H21N3O7S2/c1-14(28)36-18-13-35-23-20(25-19(29)11-15-5-3-2-4-6-15)22(30)26(23)21(18)24(31)34-12-16-7-9-17(10-8-16)27(32)33/h2-10,20,23H,11-13H2,1H3,(H,25,29)/t20?,23-/m0/s1. The summed E-state index contributed by atoms with van der Waals surface area (Å²) in [6, 6.07) is 13.9. The lowest BCUT2D eigenvalue weighted by molar-refractivity contribution is -0.384. The highest BCUT2D eigenvalue weighted by Gasteiger charge is 2.54. The molecule has 2 aromatic rings. The smallest absolute Gasteiger partial charge is 0.356 e. The maximum absolute atomic E-state index is 13.0. The van der Waals surface area contributed by atoms with Gasteiger partial charge in [0.25, 0.3) is 11.6 Å². The Morgan fingerprint density at radius 3 is 2.47 bits per heavy atom. The van der Waals surface area contributed by atoms with Crippen LogP contribution in [-0.4, -0.2) is 49.9 Å². The second-order valence-electron chi connectivity index (χ2n) is 7.98. The summed E-state index contributed by atoms with van der Waals surface area (Å²) in [6.45, 7) is 1.19. The van der Waals surface area contributed by atoms with E-state index in [-0.39, 0.29) is 35.4 Å². The van der Waals surface area contributed by atoms with Crippen molar-refractivity contribution in [1.29, 1.82) is 0 Å². The number of rotatable bonds is 8. The van der Waals surface area contributed by atoms with Crippen molar-refractivity contribution in [2.75, 3.05) is 5.75 Å². The van der Waals surface area contributed by atoms with Gasteiger partial charge in [0.05, 0.1) is 11.3 Å². The number of nitro groups is 1. The number of esters is 1. The average Bonchev–Trinajstić information content (AvgIpc) is 2.86. The molecule has 0 aromatic heterocycles. The van der Waals surface area contributed by atoms with Crippen molar-refractivity contribution in [3.8, 4) is 0 Å². The Morgan fingerprint density at radius 1 is 1.14 bits per heavy atom. The summed E-state index contributed by atoms with van der Waals surface area (Å²) in [7, 11) is 0. The lowest BCUT2D eigenvalue weighted by Crippen LogP contribution is -2.70. The van der Waals surface area contributed by atoms with Crippen LogP contribution in [-0.2, 0) is 36.9 Å². The Balaban J connectivity index is 1.46. The van der Waals surface area contributed by atoms with Gasteiger partial charge in [0.1, 0.15) is 23.7 Å². The van der Waals surface area contributed by atoms with Crippen molar-refractivity contribution >= 4 is 52.1 Å². The summed E-state index contributed by atoms with van der Waals surface area (Å²) >= 11 is 2.21. The Hall–Kier alpha value is -3.64. The Labute approximate surface area is 214 Å². The fourth-order valence-electron chi connectivity index (χ4n) is 3.77. The number of carbonyl (C=O) groups excluding carboxylic acids is 4. The SMILES string of the molecule is CC(=O)SC1=C(C(=O)OCc2ccc([N+](=O)[O-])cc2)N2C(=O)C(NC(=O)Cc3ccccc3)[C@@H]2SC1. The largest absolute Gasteiger partial charge is 0.456 e. The zero-order chi connectivity index (χ0) is 25.8. The van der Waals surface area contributed by atoms with E-state index in [2.05, 4.69) is 5.32 Å². The first kappa shape index (κ1) is 25.5. The van der Waals surface area contributed by atoms with E-state index >= 15 is 0 Å². The number of nitrogens with one attached hydrogen (secondary N) is 1. The van der Waals surface area contributed by atoms with Crippen LogP contribution < -0.4 is 5.32 Å². The number of fused-ring (bicyclic) bond motifs is 1. The fourth-order valence-corrected chi connectivity index (χ4v) is 6.03. The number of hydrogen-bond acceptors (Lipinski definition) is 9. The van der Waals surface area contributed by atoms with Crippen LogP contribution in [0.15, 0.2) is 65.2 Å². The van der Waals surface area contributed by atoms with Crippen molar-refractivity contribution in [2.24, 2.45) is 0 Å². The molecule has 0 aliphatic carbocycles. The molecular weight excluding hydrogens is 506 g/mol. The number of ether oxygens (including phenoxy) is 1. The molecule has 0 spiro atoms. The molecule has 1 unspecified atom stereocenters. The van der Waals surface area contributed by atoms with E-state index in [0.717, 1.165) is 17.3 Å². The van der Waals surface area contributed by atoms with E-state index in [9.17, 15) is 29.3 Å². The third-order valence-corrected chi connectivity index (χ3v) is 7.77. The van der Waals surface area contributed by atoms with Crippen LogP contribution in [0, 0.1) is 10.1 Å². The number of thioether (sulfide) groups is 2. The highest BCUT2D eigenvalue weighted by Crippen LogP contribution is 2.44. The van der Waals surface area contributed by atoms with Gasteiger partial charge in [0.2, 0.25) is 5.91 Å². The summed E-state index contributed by atoms with van der Waals surface area (Å²) in [4.78, 5) is 62.3. The van der Waals surface area contributed by atoms with Crippen molar-refractivity contribution in [3.63, 3.8) is 0 Å². The molecule has 0 bridgehead atoms. The summed E-state index contributed by atoms with van der Waals surface area (Å²) in [5.74, 6) is -1.26. The van der Waals surface area contributed by atoms with Gasteiger partial charge in [0, 0.05) is 29.7 Å². The Morgan fingerprint density at radius 2 is 1.83 bits per heavy atom. The monoisotopic (exact) mass is 527 g/mol. The number of hydrogen-bond donors (Lipinski definition) is 1. The minimum Gasteiger partial charge on any atom is -0.456 e. The number of amides is 2. The molecule has 2 heterocycles. The van der Waals surface area contributed by atoms with Gasteiger partial charge < -0.3 is 10.1 Å². The molecule has 4 rings (SSSR count). The van der Waals surface area contributed by atoms with Crippen LogP contribution in [0.4, 0.5) is 5.69 Å². The molecule has 0 saturated carbocycles. The van der Waals surface area contributed by atoms with Crippen molar-refractivity contribution in [2.45, 2.75) is 31.4 Å². The minimum absolute atomic E-state index is 0.0144. The number of β-lactam (4-membered cyclic amide) rings is 1. The van der Waals surface area contributed by atoms with Crippen LogP contribution in [0.2, 0.25) is 0 Å². The lowest BCUT2D eigenvalue weighted by atomic mass is 10.0. The molecule has 0 radical (unpaired) electrons. The van der Waals surface area contributed by atoms with E-state index in [4.69, 9.17) is 4.74 Å². The zero-order valence-corrected chi connectivity index (χ0v) is 20.7. The van der Waals surface area contributed by atoms with Gasteiger partial charge in [-0.05, 0) is 23.3 Å². The fraction of sp³-hybridized carbons (Fsp3) is 0.250. The lowest BCUT2D eigenvalue weighted by Gasteiger charge is -2.49. The topological polar surface area (TPSA) is 136 Å². The van der Waals surface area contributed by atoms with Crippen LogP contribution in [0.25, 0.3) is 0 Å². The molecule has 1 fully saturated rings. The first-order valence-corrected chi connectivity index (χ1v) is 12.7. The molecule has 12 heteroatoms. The van der Waals surface area contributed by atoms with Crippen molar-refractivity contribution < 1.29 is 28.8 Å². The van der Waals surface area contributed by atoms with Gasteiger partial charge in [-0.1, -0.05) is 42.1 Å². The van der Waals surface area contributed by atoms with Gasteiger partial charge >= 0.3 is 5.97 Å². The highest BCUT2D eigenvalue weighted by molar-refractivity contribution is 8.17. The van der Waals surface area contributed by atoms with Crippen LogP contribution in [0.5, 0.6) is 0 Å². The summed E-state index contributed by atoms with van der Waals surface area (Å²) < 4.78 is 5.39. The molecule has 1 N–H and O–H groups in total. The first-order chi connectivity index (χ1) is 17.2. The second-order valence-corrected chi connectivity index (χ2v) is 10.4. The third-order valence-electron chi connectivity index (χ3n) is 5.43. The van der Waals surface area contributed by atoms with Gasteiger partial charge in [-0.3, -0.25) is 29.4 Å². The number of non-ortho nitro benzene ring substituents is 1. The number of benzene rings is 2. The third kappa shape index (κ3) is 5.60. The number of nitrogens with zero attached hydrogens (tertiary/aromatic N) is 2. The van der Waals surface area contributed by atoms with Gasteiger partial charge in [0.15, 0.2) is 5.12 Å². The van der Waals surface area contributed by atoms with E-state index in [1.54, 1.807) is 0 Å². The van der Waals surface area contributed by atoms with E-state index < -0.39 is 28.2 Å². The first-order valence-electron chi connectivity index (χ1n) is 10.8. The molecular formula is C24H21N3O7S2. The van der Waals surface area contributed by atoms with Crippen molar-refractivity contribution in [1.82, 2.24) is 10.2 Å². The number of nitro benzene ring substituents is 1. The molecule has 36 heavy (non-hydrogen) atoms. The van der Waals surface area contributed by atoms with Crippen LogP contribution in [0.3, 0.4) is 0 Å². The summed E-state index contributed by atoms with van der Waals surface area (Å²) in [6.07, 6.45) is 0.118. The summed E-state index contributed by atoms with van der Waals surface area (Å²) in [5.41, 5.74) is 1.23. The van der Waals surface area contributed by atoms with E-state index in [1.165, 1.54) is 47.9 Å². The molecule has 2 aliphatic heterocycles. The van der Waals surface area contributed by atoms with Crippen LogP contribution >= 0.6 is 23.5 Å². The minimum atomic E-state index is -0.799. The molecule has 2 aromatic carbocycles. The van der Waals surface area contributed by atoms with Crippen LogP contribution in [0.1, 0.15) is 18.1 Å². The highest BCUT2D eigenvalue weighted by atomic mass is 32.2. The molecule has 186 valence electrons. The van der Waals surface area contributed by atoms with Gasteiger partial charge in [-0.15, -0.1) is 11.8 Å². The predicted octanol–water partition coefficient (Wildman–Crippen LogP) is 2.77. The predicted molar refractivity (Wildman–Crippen MR) is 133 cm³/mol. The normalized spacial score (nSPS) is 18.7. The average molecular weight is 528 g/mol. The van der Waals surface area contributed by atoms with Gasteiger partial charge in [-0.2, -0.15) is 0 Å². The quantitative estimate of drug-likeness (QED) is 0.238. The van der Waals surface area contributed by atoms with E-state index in [0.29, 0.717) is 16.2 Å². The maximum Gasteiger partial charge on any atom is 0.356 e. The molecule has 10 nitrogen and oxygen atoms in total. The molecule has 1 saturated heterocycles. The molecule has 2 atom stereocenters. The zero-order valence-electron chi connectivity index (χ0n) is 19.0. The summed E-state index contributed by atoms with van der Waals surface area (Å²) in [5, 5.41) is 12.8. The maximum atomic E-state index is 13.0. The van der Waals surface area contributed by atoms with Crippen molar-refractivity contribution in [3.05, 3.63) is 86.4 Å². The Bertz CT molecular complexity index is 1250. The Kier molecular flexibility index (Phi) is 7.75. The second kappa shape index (κ2) is 11.0. The van der Waals surface area contributed by atoms with Gasteiger partial charge in [-0.25, -0.2) is 4.79 Å². The number of carbonyl (C=O) groups is 4. The molecule has 2 amide bonds. The van der Waals surface area contributed by atoms with E-state index in [1.807, 2.05) is 30.3 Å².